The smallest absolute Gasteiger partial charge is 0.304 e. The second kappa shape index (κ2) is 6.55. The minimum absolute atomic E-state index is 0.161. The lowest BCUT2D eigenvalue weighted by atomic mass is 10.2. The van der Waals surface area contributed by atoms with Crippen LogP contribution < -0.4 is 5.32 Å². The number of hydrogen-bond donors (Lipinski definition) is 1. The van der Waals surface area contributed by atoms with Crippen molar-refractivity contribution in [2.75, 3.05) is 5.32 Å². The molecule has 0 aromatic carbocycles. The van der Waals surface area contributed by atoms with Gasteiger partial charge in [0.1, 0.15) is 11.3 Å². The molecule has 0 spiro atoms. The maximum atomic E-state index is 12.7. The standard InChI is InChI=1S/C16H11BrClF3N4O/c1-7-3-10(17)6-25-12(8(2)23-14(7)25)15(26)24-13-11(18)4-9(5-22-13)16(19,20)21/h3-6H,1-2H3,(H,22,24,26). The van der Waals surface area contributed by atoms with Crippen molar-refractivity contribution in [3.63, 3.8) is 0 Å². The summed E-state index contributed by atoms with van der Waals surface area (Å²) < 4.78 is 40.4. The van der Waals surface area contributed by atoms with Gasteiger partial charge >= 0.3 is 6.18 Å². The predicted molar refractivity (Wildman–Crippen MR) is 94.6 cm³/mol. The maximum absolute atomic E-state index is 12.7. The highest BCUT2D eigenvalue weighted by Gasteiger charge is 2.32. The van der Waals surface area contributed by atoms with E-state index in [1.165, 1.54) is 0 Å². The number of nitrogens with one attached hydrogen (secondary N) is 1. The summed E-state index contributed by atoms with van der Waals surface area (Å²) in [5, 5.41) is 2.13. The first kappa shape index (κ1) is 18.7. The number of nitrogens with zero attached hydrogens (tertiary/aromatic N) is 3. The summed E-state index contributed by atoms with van der Waals surface area (Å²) in [6.45, 7) is 3.51. The van der Waals surface area contributed by atoms with E-state index in [0.29, 0.717) is 23.6 Å². The molecule has 5 nitrogen and oxygen atoms in total. The molecule has 0 fully saturated rings. The Labute approximate surface area is 159 Å². The number of fused-ring (bicyclic) bond motifs is 1. The zero-order valence-electron chi connectivity index (χ0n) is 13.4. The maximum Gasteiger partial charge on any atom is 0.417 e. The monoisotopic (exact) mass is 446 g/mol. The Hall–Kier alpha value is -2.13. The van der Waals surface area contributed by atoms with Crippen LogP contribution in [0.5, 0.6) is 0 Å². The highest BCUT2D eigenvalue weighted by Crippen LogP contribution is 2.32. The molecule has 3 rings (SSSR count). The zero-order valence-corrected chi connectivity index (χ0v) is 15.8. The van der Waals surface area contributed by atoms with Gasteiger partial charge in [0.25, 0.3) is 5.91 Å². The fourth-order valence-corrected chi connectivity index (χ4v) is 3.27. The van der Waals surface area contributed by atoms with Crippen molar-refractivity contribution in [3.05, 3.63) is 56.5 Å². The summed E-state index contributed by atoms with van der Waals surface area (Å²) >= 11 is 9.20. The second-order valence-corrected chi connectivity index (χ2v) is 6.91. The molecule has 3 aromatic rings. The van der Waals surface area contributed by atoms with Crippen molar-refractivity contribution in [2.24, 2.45) is 0 Å². The quantitative estimate of drug-likeness (QED) is 0.599. The Kier molecular flexibility index (Phi) is 4.70. The van der Waals surface area contributed by atoms with Crippen molar-refractivity contribution in [1.82, 2.24) is 14.4 Å². The molecule has 0 atom stereocenters. The molecule has 10 heteroatoms. The number of carbonyl (C=O) groups is 1. The summed E-state index contributed by atoms with van der Waals surface area (Å²) in [7, 11) is 0. The lowest BCUT2D eigenvalue weighted by Gasteiger charge is -2.10. The van der Waals surface area contributed by atoms with Gasteiger partial charge in [0, 0.05) is 16.9 Å². The molecule has 0 radical (unpaired) electrons. The van der Waals surface area contributed by atoms with E-state index in [4.69, 9.17) is 11.6 Å². The molecule has 0 saturated carbocycles. The molecule has 0 aliphatic carbocycles. The molecule has 136 valence electrons. The number of alkyl halides is 3. The van der Waals surface area contributed by atoms with E-state index in [1.807, 2.05) is 13.0 Å². The third-order valence-electron chi connectivity index (χ3n) is 3.66. The van der Waals surface area contributed by atoms with Gasteiger partial charge in [-0.3, -0.25) is 9.20 Å². The summed E-state index contributed by atoms with van der Waals surface area (Å²) in [5.74, 6) is -0.743. The average Bonchev–Trinajstić information content (AvgIpc) is 2.84. The Morgan fingerprint density at radius 3 is 2.62 bits per heavy atom. The van der Waals surface area contributed by atoms with E-state index < -0.39 is 17.6 Å². The molecule has 3 aromatic heterocycles. The van der Waals surface area contributed by atoms with Gasteiger partial charge in [-0.05, 0) is 47.5 Å². The van der Waals surface area contributed by atoms with Crippen LogP contribution in [0.1, 0.15) is 27.3 Å². The number of hydrogen-bond acceptors (Lipinski definition) is 3. The van der Waals surface area contributed by atoms with Crippen LogP contribution in [-0.4, -0.2) is 20.3 Å². The summed E-state index contributed by atoms with van der Waals surface area (Å²) in [6, 6.07) is 2.57. The van der Waals surface area contributed by atoms with Crippen LogP contribution in [0.4, 0.5) is 19.0 Å². The van der Waals surface area contributed by atoms with E-state index in [2.05, 4.69) is 31.2 Å². The Balaban J connectivity index is 1.99. The van der Waals surface area contributed by atoms with Gasteiger partial charge in [-0.15, -0.1) is 0 Å². The van der Waals surface area contributed by atoms with Gasteiger partial charge in [-0.1, -0.05) is 11.6 Å². The number of anilines is 1. The Morgan fingerprint density at radius 1 is 1.31 bits per heavy atom. The minimum Gasteiger partial charge on any atom is -0.304 e. The van der Waals surface area contributed by atoms with Gasteiger partial charge < -0.3 is 5.32 Å². The van der Waals surface area contributed by atoms with E-state index in [1.54, 1.807) is 17.5 Å². The first-order valence-corrected chi connectivity index (χ1v) is 8.44. The Morgan fingerprint density at radius 2 is 2.00 bits per heavy atom. The normalized spacial score (nSPS) is 11.8. The third kappa shape index (κ3) is 3.41. The number of rotatable bonds is 2. The molecule has 0 unspecified atom stereocenters. The first-order valence-electron chi connectivity index (χ1n) is 7.27. The lowest BCUT2D eigenvalue weighted by Crippen LogP contribution is -2.17. The van der Waals surface area contributed by atoms with E-state index >= 15 is 0 Å². The third-order valence-corrected chi connectivity index (χ3v) is 4.38. The van der Waals surface area contributed by atoms with Crippen LogP contribution >= 0.6 is 27.5 Å². The van der Waals surface area contributed by atoms with E-state index in [9.17, 15) is 18.0 Å². The van der Waals surface area contributed by atoms with Gasteiger partial charge in [0.05, 0.1) is 16.3 Å². The highest BCUT2D eigenvalue weighted by atomic mass is 79.9. The number of carbonyl (C=O) groups excluding carboxylic acids is 1. The highest BCUT2D eigenvalue weighted by molar-refractivity contribution is 9.10. The number of imidazole rings is 1. The first-order chi connectivity index (χ1) is 12.1. The topological polar surface area (TPSA) is 59.3 Å². The summed E-state index contributed by atoms with van der Waals surface area (Å²) in [4.78, 5) is 20.6. The fraction of sp³-hybridized carbons (Fsp3) is 0.188. The van der Waals surface area contributed by atoms with Crippen LogP contribution in [-0.2, 0) is 6.18 Å². The molecule has 0 aliphatic rings. The van der Waals surface area contributed by atoms with Gasteiger partial charge in [-0.25, -0.2) is 9.97 Å². The van der Waals surface area contributed by atoms with Crippen molar-refractivity contribution in [1.29, 1.82) is 0 Å². The van der Waals surface area contributed by atoms with E-state index in [0.717, 1.165) is 10.0 Å². The van der Waals surface area contributed by atoms with Gasteiger partial charge in [0.2, 0.25) is 0 Å². The van der Waals surface area contributed by atoms with Crippen molar-refractivity contribution in [2.45, 2.75) is 20.0 Å². The molecule has 1 amide bonds. The second-order valence-electron chi connectivity index (χ2n) is 5.59. The molecule has 26 heavy (non-hydrogen) atoms. The molecular weight excluding hydrogens is 437 g/mol. The average molecular weight is 448 g/mol. The van der Waals surface area contributed by atoms with Crippen LogP contribution in [0.3, 0.4) is 0 Å². The van der Waals surface area contributed by atoms with Crippen LogP contribution in [0.15, 0.2) is 29.0 Å². The molecule has 0 bridgehead atoms. The SMILES string of the molecule is Cc1nc2c(C)cc(Br)cn2c1C(=O)Nc1ncc(C(F)(F)F)cc1Cl. The molecule has 0 aliphatic heterocycles. The predicted octanol–water partition coefficient (Wildman–Crippen LogP) is 5.03. The van der Waals surface area contributed by atoms with Crippen LogP contribution in [0, 0.1) is 13.8 Å². The molecular formula is C16H11BrClF3N4O. The fourth-order valence-electron chi connectivity index (χ4n) is 2.51. The molecule has 0 saturated heterocycles. The molecule has 1 N–H and O–H groups in total. The van der Waals surface area contributed by atoms with E-state index in [-0.39, 0.29) is 16.5 Å². The lowest BCUT2D eigenvalue weighted by molar-refractivity contribution is -0.137. The zero-order chi connectivity index (χ0) is 19.2. The minimum atomic E-state index is -4.57. The number of halogens is 5. The molecule has 3 heterocycles. The van der Waals surface area contributed by atoms with Crippen LogP contribution in [0.25, 0.3) is 5.65 Å². The largest absolute Gasteiger partial charge is 0.417 e. The Bertz CT molecular complexity index is 1030. The van der Waals surface area contributed by atoms with Gasteiger partial charge in [0.15, 0.2) is 5.82 Å². The number of aromatic nitrogens is 3. The number of aryl methyl sites for hydroxylation is 2. The van der Waals surface area contributed by atoms with Crippen LogP contribution in [0.2, 0.25) is 5.02 Å². The number of pyridine rings is 2. The van der Waals surface area contributed by atoms with Gasteiger partial charge in [-0.2, -0.15) is 13.2 Å². The number of amides is 1. The summed E-state index contributed by atoms with van der Waals surface area (Å²) in [6.07, 6.45) is -2.27. The summed E-state index contributed by atoms with van der Waals surface area (Å²) in [5.41, 5.74) is 1.16. The van der Waals surface area contributed by atoms with Crippen molar-refractivity contribution < 1.29 is 18.0 Å². The van der Waals surface area contributed by atoms with Crippen molar-refractivity contribution >= 4 is 44.9 Å². The van der Waals surface area contributed by atoms with Crippen molar-refractivity contribution in [3.8, 4) is 0 Å².